The highest BCUT2D eigenvalue weighted by atomic mass is 19.4. The lowest BCUT2D eigenvalue weighted by Crippen LogP contribution is -2.62. The molecule has 3 heterocycles. The van der Waals surface area contributed by atoms with Crippen LogP contribution in [0.15, 0.2) is 64.4 Å². The molecule has 0 unspecified atom stereocenters. The van der Waals surface area contributed by atoms with Gasteiger partial charge in [-0.15, -0.1) is 0 Å². The van der Waals surface area contributed by atoms with Gasteiger partial charge in [-0.1, -0.05) is 30.3 Å². The third kappa shape index (κ3) is 3.25. The number of aromatic amines is 1. The van der Waals surface area contributed by atoms with Gasteiger partial charge in [-0.25, -0.2) is 4.79 Å². The summed E-state index contributed by atoms with van der Waals surface area (Å²) < 4.78 is 43.8. The van der Waals surface area contributed by atoms with E-state index in [-0.39, 0.29) is 12.1 Å². The zero-order chi connectivity index (χ0) is 23.1. The molecule has 4 rings (SSSR count). The van der Waals surface area contributed by atoms with Gasteiger partial charge < -0.3 is 10.6 Å². The topological polar surface area (TPSA) is 126 Å². The number of rotatable bonds is 4. The van der Waals surface area contributed by atoms with E-state index < -0.39 is 46.2 Å². The van der Waals surface area contributed by atoms with Crippen LogP contribution in [0.3, 0.4) is 0 Å². The molecule has 0 saturated carbocycles. The second kappa shape index (κ2) is 7.48. The number of halogens is 3. The van der Waals surface area contributed by atoms with E-state index in [2.05, 4.69) is 4.98 Å². The van der Waals surface area contributed by atoms with E-state index in [9.17, 15) is 32.3 Å². The van der Waals surface area contributed by atoms with Crippen molar-refractivity contribution in [3.05, 3.63) is 92.4 Å². The first kappa shape index (κ1) is 21.0. The summed E-state index contributed by atoms with van der Waals surface area (Å²) in [6, 6.07) is 10.7. The van der Waals surface area contributed by atoms with E-state index in [4.69, 9.17) is 0 Å². The van der Waals surface area contributed by atoms with Crippen molar-refractivity contribution in [3.8, 4) is 0 Å². The minimum Gasteiger partial charge on any atom is -0.326 e. The monoisotopic (exact) mass is 445 g/mol. The van der Waals surface area contributed by atoms with Crippen LogP contribution in [0.1, 0.15) is 21.5 Å². The van der Waals surface area contributed by atoms with Crippen LogP contribution in [0.25, 0.3) is 0 Å². The number of pyridine rings is 1. The van der Waals surface area contributed by atoms with Crippen molar-refractivity contribution >= 4 is 17.6 Å². The normalized spacial score (nSPS) is 17.5. The number of fused-ring (bicyclic) bond motifs is 1. The Kier molecular flexibility index (Phi) is 4.92. The molecule has 1 atom stereocenters. The van der Waals surface area contributed by atoms with Gasteiger partial charge in [0.1, 0.15) is 11.4 Å². The fraction of sp³-hybridized carbons (Fsp3) is 0.150. The summed E-state index contributed by atoms with van der Waals surface area (Å²) in [5.41, 5.74) is -7.03. The molecule has 32 heavy (non-hydrogen) atoms. The van der Waals surface area contributed by atoms with Crippen molar-refractivity contribution < 1.29 is 22.8 Å². The highest BCUT2D eigenvalue weighted by Crippen LogP contribution is 2.45. The van der Waals surface area contributed by atoms with E-state index in [1.165, 1.54) is 18.3 Å². The Bertz CT molecular complexity index is 1320. The molecular formula is C20H14F3N5O4. The lowest BCUT2D eigenvalue weighted by atomic mass is 9.91. The SMILES string of the molecule is O=C(N[C@@]1(C(F)(F)F)C(=O)Nc2c1c(=O)[nH]c(=O)n2Cc1ccccc1)c1cccnc1. The molecule has 1 aromatic carbocycles. The van der Waals surface area contributed by atoms with Crippen molar-refractivity contribution in [2.45, 2.75) is 18.3 Å². The van der Waals surface area contributed by atoms with Crippen LogP contribution in [0, 0.1) is 0 Å². The van der Waals surface area contributed by atoms with Crippen molar-refractivity contribution in [2.75, 3.05) is 5.32 Å². The maximum atomic E-state index is 14.3. The molecule has 1 aliphatic heterocycles. The first-order chi connectivity index (χ1) is 15.1. The minimum atomic E-state index is -5.41. The molecule has 0 saturated heterocycles. The molecule has 3 aromatic rings. The number of anilines is 1. The number of nitrogens with zero attached hydrogens (tertiary/aromatic N) is 2. The smallest absolute Gasteiger partial charge is 0.326 e. The lowest BCUT2D eigenvalue weighted by Gasteiger charge is -2.30. The third-order valence-corrected chi connectivity index (χ3v) is 4.98. The molecule has 0 aliphatic carbocycles. The van der Waals surface area contributed by atoms with Gasteiger partial charge in [0.05, 0.1) is 12.1 Å². The van der Waals surface area contributed by atoms with Crippen LogP contribution in [0.5, 0.6) is 0 Å². The Labute approximate surface area is 176 Å². The second-order valence-electron chi connectivity index (χ2n) is 6.95. The standard InChI is InChI=1S/C20H14F3N5O4/c21-20(22,23)19(27-15(29)12-7-4-8-24-9-12)13-14(25-17(19)31)28(18(32)26-16(13)30)10-11-5-2-1-3-6-11/h1-9H,10H2,(H,25,31)(H,27,29)(H,26,30,32)/t19-/m1/s1. The Morgan fingerprint density at radius 3 is 2.44 bits per heavy atom. The molecule has 2 aromatic heterocycles. The van der Waals surface area contributed by atoms with Gasteiger partial charge in [0, 0.05) is 12.4 Å². The number of aromatic nitrogens is 3. The van der Waals surface area contributed by atoms with E-state index in [0.717, 1.165) is 10.8 Å². The van der Waals surface area contributed by atoms with Crippen molar-refractivity contribution in [1.82, 2.24) is 19.9 Å². The van der Waals surface area contributed by atoms with E-state index in [1.807, 2.05) is 10.3 Å². The number of alkyl halides is 3. The molecule has 0 radical (unpaired) electrons. The summed E-state index contributed by atoms with van der Waals surface area (Å²) in [5.74, 6) is -3.63. The molecule has 0 spiro atoms. The Morgan fingerprint density at radius 2 is 1.81 bits per heavy atom. The first-order valence-corrected chi connectivity index (χ1v) is 9.17. The molecule has 12 heteroatoms. The van der Waals surface area contributed by atoms with Gasteiger partial charge in [0.15, 0.2) is 0 Å². The summed E-state index contributed by atoms with van der Waals surface area (Å²) >= 11 is 0. The number of nitrogens with one attached hydrogen (secondary N) is 3. The van der Waals surface area contributed by atoms with Gasteiger partial charge in [-0.05, 0) is 17.7 Å². The van der Waals surface area contributed by atoms with Crippen molar-refractivity contribution in [1.29, 1.82) is 0 Å². The number of carbonyl (C=O) groups excluding carboxylic acids is 2. The van der Waals surface area contributed by atoms with Crippen molar-refractivity contribution in [3.63, 3.8) is 0 Å². The molecule has 0 fully saturated rings. The number of carbonyl (C=O) groups is 2. The number of amides is 2. The Morgan fingerprint density at radius 1 is 1.09 bits per heavy atom. The third-order valence-electron chi connectivity index (χ3n) is 4.98. The Balaban J connectivity index is 1.91. The van der Waals surface area contributed by atoms with E-state index in [1.54, 1.807) is 35.6 Å². The summed E-state index contributed by atoms with van der Waals surface area (Å²) in [7, 11) is 0. The number of H-pyrrole nitrogens is 1. The van der Waals surface area contributed by atoms with Crippen LogP contribution in [0.2, 0.25) is 0 Å². The van der Waals surface area contributed by atoms with Crippen LogP contribution in [-0.4, -0.2) is 32.5 Å². The Hall–Kier alpha value is -4.22. The highest BCUT2D eigenvalue weighted by molar-refractivity contribution is 6.09. The summed E-state index contributed by atoms with van der Waals surface area (Å²) in [5, 5.41) is 3.63. The maximum absolute atomic E-state index is 14.3. The molecular weight excluding hydrogens is 431 g/mol. The van der Waals surface area contributed by atoms with Crippen LogP contribution >= 0.6 is 0 Å². The zero-order valence-corrected chi connectivity index (χ0v) is 16.1. The van der Waals surface area contributed by atoms with Crippen LogP contribution < -0.4 is 21.9 Å². The largest absolute Gasteiger partial charge is 0.425 e. The van der Waals surface area contributed by atoms with Gasteiger partial charge in [0.25, 0.3) is 22.9 Å². The van der Waals surface area contributed by atoms with E-state index in [0.29, 0.717) is 5.56 Å². The average Bonchev–Trinajstić information content (AvgIpc) is 3.06. The minimum absolute atomic E-state index is 0.233. The number of hydrogen-bond acceptors (Lipinski definition) is 5. The van der Waals surface area contributed by atoms with Crippen LogP contribution in [0.4, 0.5) is 19.0 Å². The van der Waals surface area contributed by atoms with Crippen LogP contribution in [-0.2, 0) is 16.9 Å². The van der Waals surface area contributed by atoms with E-state index >= 15 is 0 Å². The highest BCUT2D eigenvalue weighted by Gasteiger charge is 2.68. The summed E-state index contributed by atoms with van der Waals surface area (Å²) in [6.07, 6.45) is -3.10. The molecule has 164 valence electrons. The van der Waals surface area contributed by atoms with Gasteiger partial charge in [0.2, 0.25) is 0 Å². The molecule has 2 amide bonds. The molecule has 9 nitrogen and oxygen atoms in total. The van der Waals surface area contributed by atoms with Crippen molar-refractivity contribution in [2.24, 2.45) is 0 Å². The number of hydrogen-bond donors (Lipinski definition) is 3. The summed E-state index contributed by atoms with van der Waals surface area (Å²) in [4.78, 5) is 55.7. The predicted octanol–water partition coefficient (Wildman–Crippen LogP) is 1.12. The quantitative estimate of drug-likeness (QED) is 0.555. The summed E-state index contributed by atoms with van der Waals surface area (Å²) in [6.45, 7) is -0.233. The first-order valence-electron chi connectivity index (χ1n) is 9.17. The average molecular weight is 445 g/mol. The van der Waals surface area contributed by atoms with Gasteiger partial charge >= 0.3 is 11.9 Å². The predicted molar refractivity (Wildman–Crippen MR) is 105 cm³/mol. The zero-order valence-electron chi connectivity index (χ0n) is 16.1. The fourth-order valence-corrected chi connectivity index (χ4v) is 3.48. The maximum Gasteiger partial charge on any atom is 0.425 e. The fourth-order valence-electron chi connectivity index (χ4n) is 3.48. The van der Waals surface area contributed by atoms with Gasteiger partial charge in [-0.3, -0.25) is 28.9 Å². The molecule has 1 aliphatic rings. The molecule has 3 N–H and O–H groups in total. The number of benzene rings is 1. The molecule has 0 bridgehead atoms. The van der Waals surface area contributed by atoms with Gasteiger partial charge in [-0.2, -0.15) is 13.2 Å². The second-order valence-corrected chi connectivity index (χ2v) is 6.95. The lowest BCUT2D eigenvalue weighted by molar-refractivity contribution is -0.196.